The summed E-state index contributed by atoms with van der Waals surface area (Å²) >= 11 is 7.38. The van der Waals surface area contributed by atoms with E-state index in [9.17, 15) is 19.7 Å². The van der Waals surface area contributed by atoms with Gasteiger partial charge in [0.05, 0.1) is 10.7 Å². The minimum Gasteiger partial charge on any atom is -0.322 e. The first-order valence-electron chi connectivity index (χ1n) is 10.3. The highest BCUT2D eigenvalue weighted by Gasteiger charge is 2.34. The topological polar surface area (TPSA) is 92.6 Å². The van der Waals surface area contributed by atoms with Crippen LogP contribution in [-0.2, 0) is 11.2 Å². The molecule has 1 unspecified atom stereocenters. The maximum absolute atomic E-state index is 12.7. The van der Waals surface area contributed by atoms with Crippen LogP contribution in [0.3, 0.4) is 0 Å². The number of amides is 2. The van der Waals surface area contributed by atoms with Crippen molar-refractivity contribution in [2.24, 2.45) is 0 Å². The van der Waals surface area contributed by atoms with Crippen LogP contribution in [0.15, 0.2) is 66.7 Å². The van der Waals surface area contributed by atoms with Gasteiger partial charge in [-0.15, -0.1) is 11.8 Å². The highest BCUT2D eigenvalue weighted by Crippen LogP contribution is 2.43. The van der Waals surface area contributed by atoms with Gasteiger partial charge in [-0.3, -0.25) is 24.6 Å². The van der Waals surface area contributed by atoms with Crippen LogP contribution in [0.1, 0.15) is 33.8 Å². The summed E-state index contributed by atoms with van der Waals surface area (Å²) in [7, 11) is 0. The molecule has 1 atom stereocenters. The van der Waals surface area contributed by atoms with Gasteiger partial charge < -0.3 is 5.32 Å². The zero-order chi connectivity index (χ0) is 23.5. The van der Waals surface area contributed by atoms with E-state index in [1.54, 1.807) is 23.9 Å². The molecule has 9 heteroatoms. The van der Waals surface area contributed by atoms with Gasteiger partial charge in [-0.05, 0) is 47.9 Å². The zero-order valence-corrected chi connectivity index (χ0v) is 19.2. The lowest BCUT2D eigenvalue weighted by atomic mass is 10.1. The lowest BCUT2D eigenvalue weighted by Gasteiger charge is -2.26. The molecule has 33 heavy (non-hydrogen) atoms. The van der Waals surface area contributed by atoms with Crippen molar-refractivity contribution in [3.8, 4) is 0 Å². The minimum atomic E-state index is -0.628. The number of hydrogen-bond acceptors (Lipinski definition) is 5. The monoisotopic (exact) mass is 481 g/mol. The molecule has 0 spiro atoms. The molecule has 1 heterocycles. The Morgan fingerprint density at radius 3 is 2.61 bits per heavy atom. The third-order valence-corrected chi connectivity index (χ3v) is 6.89. The number of nitro benzene ring substituents is 1. The molecule has 0 bridgehead atoms. The second kappa shape index (κ2) is 9.64. The van der Waals surface area contributed by atoms with Crippen LogP contribution < -0.4 is 10.2 Å². The Labute approximate surface area is 199 Å². The normalized spacial score (nSPS) is 15.5. The molecule has 0 aliphatic carbocycles. The van der Waals surface area contributed by atoms with Crippen molar-refractivity contribution >= 4 is 52.2 Å². The van der Waals surface area contributed by atoms with Crippen LogP contribution in [0, 0.1) is 10.1 Å². The summed E-state index contributed by atoms with van der Waals surface area (Å²) in [5.74, 6) is -0.0182. The van der Waals surface area contributed by atoms with Crippen molar-refractivity contribution in [1.82, 2.24) is 0 Å². The van der Waals surface area contributed by atoms with Gasteiger partial charge in [0.15, 0.2) is 0 Å². The first kappa shape index (κ1) is 22.8. The number of nitrogens with one attached hydrogen (secondary N) is 1. The number of thioether (sulfide) groups is 1. The average Bonchev–Trinajstić information content (AvgIpc) is 3.20. The van der Waals surface area contributed by atoms with Gasteiger partial charge in [0.25, 0.3) is 11.6 Å². The van der Waals surface area contributed by atoms with Crippen molar-refractivity contribution in [2.75, 3.05) is 16.0 Å². The van der Waals surface area contributed by atoms with Gasteiger partial charge in [-0.2, -0.15) is 0 Å². The van der Waals surface area contributed by atoms with E-state index in [0.29, 0.717) is 11.4 Å². The van der Waals surface area contributed by atoms with Gasteiger partial charge >= 0.3 is 0 Å². The fraction of sp³-hybridized carbons (Fsp3) is 0.167. The molecule has 0 saturated carbocycles. The largest absolute Gasteiger partial charge is 0.322 e. The fourth-order valence-corrected chi connectivity index (χ4v) is 5.06. The van der Waals surface area contributed by atoms with Crippen LogP contribution in [0.2, 0.25) is 5.02 Å². The molecule has 3 aromatic rings. The summed E-state index contributed by atoms with van der Waals surface area (Å²) < 4.78 is 0. The van der Waals surface area contributed by atoms with Crippen molar-refractivity contribution in [1.29, 1.82) is 0 Å². The molecule has 0 radical (unpaired) electrons. The third-order valence-electron chi connectivity index (χ3n) is 5.36. The Hall–Kier alpha value is -3.36. The van der Waals surface area contributed by atoms with Gasteiger partial charge in [0.1, 0.15) is 10.4 Å². The van der Waals surface area contributed by atoms with E-state index in [4.69, 9.17) is 11.6 Å². The predicted octanol–water partition coefficient (Wildman–Crippen LogP) is 5.84. The van der Waals surface area contributed by atoms with Crippen LogP contribution in [-0.4, -0.2) is 22.5 Å². The first-order chi connectivity index (χ1) is 15.9. The smallest absolute Gasteiger partial charge is 0.288 e. The molecule has 168 valence electrons. The Bertz CT molecular complexity index is 1230. The van der Waals surface area contributed by atoms with Gasteiger partial charge in [0.2, 0.25) is 5.91 Å². The summed E-state index contributed by atoms with van der Waals surface area (Å²) in [5.41, 5.74) is 3.32. The second-order valence-electron chi connectivity index (χ2n) is 7.41. The maximum atomic E-state index is 12.7. The molecule has 1 N–H and O–H groups in total. The molecular formula is C24H20ClN3O4S. The van der Waals surface area contributed by atoms with E-state index in [1.807, 2.05) is 41.3 Å². The Balaban J connectivity index is 1.53. The van der Waals surface area contributed by atoms with Gasteiger partial charge in [0, 0.05) is 23.0 Å². The number of hydrogen-bond donors (Lipinski definition) is 1. The van der Waals surface area contributed by atoms with E-state index in [1.165, 1.54) is 12.1 Å². The summed E-state index contributed by atoms with van der Waals surface area (Å²) in [6.45, 7) is 2.06. The number of carbonyl (C=O) groups is 2. The Morgan fingerprint density at radius 1 is 1.18 bits per heavy atom. The summed E-state index contributed by atoms with van der Waals surface area (Å²) in [6.07, 6.45) is 0.825. The van der Waals surface area contributed by atoms with Crippen molar-refractivity contribution in [3.05, 3.63) is 98.6 Å². The van der Waals surface area contributed by atoms with Crippen LogP contribution in [0.4, 0.5) is 17.1 Å². The highest BCUT2D eigenvalue weighted by atomic mass is 35.5. The van der Waals surface area contributed by atoms with Crippen molar-refractivity contribution < 1.29 is 14.5 Å². The van der Waals surface area contributed by atoms with Crippen LogP contribution in [0.25, 0.3) is 0 Å². The average molecular weight is 482 g/mol. The quantitative estimate of drug-likeness (QED) is 0.352. The predicted molar refractivity (Wildman–Crippen MR) is 131 cm³/mol. The van der Waals surface area contributed by atoms with E-state index in [0.717, 1.165) is 29.3 Å². The molecule has 4 rings (SSSR count). The maximum Gasteiger partial charge on any atom is 0.288 e. The number of carbonyl (C=O) groups excluding carboxylic acids is 2. The molecule has 3 aromatic carbocycles. The number of aryl methyl sites for hydroxylation is 1. The van der Waals surface area contributed by atoms with Crippen molar-refractivity contribution in [2.45, 2.75) is 18.7 Å². The highest BCUT2D eigenvalue weighted by molar-refractivity contribution is 8.00. The molecule has 7 nitrogen and oxygen atoms in total. The van der Waals surface area contributed by atoms with Crippen LogP contribution >= 0.6 is 23.4 Å². The number of benzene rings is 3. The molecule has 1 saturated heterocycles. The molecule has 1 fully saturated rings. The second-order valence-corrected chi connectivity index (χ2v) is 8.88. The number of nitrogens with zero attached hydrogens (tertiary/aromatic N) is 2. The first-order valence-corrected chi connectivity index (χ1v) is 11.7. The molecule has 2 amide bonds. The molecule has 1 aliphatic rings. The number of halogens is 1. The molecule has 0 aromatic heterocycles. The van der Waals surface area contributed by atoms with Gasteiger partial charge in [-0.25, -0.2) is 0 Å². The number of para-hydroxylation sites is 1. The number of anilines is 2. The number of nitro groups is 1. The summed E-state index contributed by atoms with van der Waals surface area (Å²) in [4.78, 5) is 37.5. The lowest BCUT2D eigenvalue weighted by molar-refractivity contribution is -0.384. The van der Waals surface area contributed by atoms with Crippen molar-refractivity contribution in [3.63, 3.8) is 0 Å². The fourth-order valence-electron chi connectivity index (χ4n) is 3.70. The zero-order valence-electron chi connectivity index (χ0n) is 17.7. The van der Waals surface area contributed by atoms with E-state index >= 15 is 0 Å². The Morgan fingerprint density at radius 2 is 1.91 bits per heavy atom. The Kier molecular flexibility index (Phi) is 6.67. The van der Waals surface area contributed by atoms with E-state index in [2.05, 4.69) is 12.2 Å². The van der Waals surface area contributed by atoms with Gasteiger partial charge in [-0.1, -0.05) is 48.9 Å². The lowest BCUT2D eigenvalue weighted by Crippen LogP contribution is -2.28. The van der Waals surface area contributed by atoms with Crippen LogP contribution in [0.5, 0.6) is 0 Å². The minimum absolute atomic E-state index is 0.0290. The number of rotatable bonds is 6. The van der Waals surface area contributed by atoms with E-state index < -0.39 is 10.8 Å². The summed E-state index contributed by atoms with van der Waals surface area (Å²) in [5, 5.41) is 13.6. The molecule has 1 aliphatic heterocycles. The molecular weight excluding hydrogens is 462 g/mol. The SMILES string of the molecule is CCc1ccccc1N1C(=O)CSC1c1ccc(NC(=O)c2ccc(Cl)c([N+](=O)[O-])c2)cc1. The summed E-state index contributed by atoms with van der Waals surface area (Å²) in [6, 6.07) is 19.1. The van der Waals surface area contributed by atoms with E-state index in [-0.39, 0.29) is 27.6 Å². The third kappa shape index (κ3) is 4.72. The standard InChI is InChI=1S/C24H20ClN3O4S/c1-2-15-5-3-4-6-20(15)27-22(29)14-33-24(27)16-7-10-18(11-8-16)26-23(30)17-9-12-19(25)21(13-17)28(31)32/h3-13,24H,2,14H2,1H3,(H,26,30).